The Hall–Kier alpha value is -3.11. The highest BCUT2D eigenvalue weighted by Crippen LogP contribution is 2.28. The van der Waals surface area contributed by atoms with E-state index in [1.54, 1.807) is 13.8 Å². The predicted molar refractivity (Wildman–Crippen MR) is 105 cm³/mol. The second-order valence-corrected chi connectivity index (χ2v) is 8.61. The minimum Gasteiger partial charge on any atom is -0.338 e. The van der Waals surface area contributed by atoms with Gasteiger partial charge in [0.2, 0.25) is 11.7 Å². The van der Waals surface area contributed by atoms with Crippen molar-refractivity contribution < 1.29 is 17.9 Å². The smallest absolute Gasteiger partial charge is 0.289 e. The summed E-state index contributed by atoms with van der Waals surface area (Å²) in [6, 6.07) is 12.3. The van der Waals surface area contributed by atoms with Gasteiger partial charge in [0.1, 0.15) is 0 Å². The van der Waals surface area contributed by atoms with Crippen LogP contribution >= 0.6 is 0 Å². The molecule has 0 unspecified atom stereocenters. The number of sulfonamides is 1. The van der Waals surface area contributed by atoms with E-state index in [9.17, 15) is 18.5 Å². The molecule has 0 amide bonds. The van der Waals surface area contributed by atoms with Gasteiger partial charge in [0.05, 0.1) is 11.5 Å². The molecule has 10 heteroatoms. The number of nitrogens with zero attached hydrogens (tertiary/aromatic N) is 4. The molecule has 0 spiro atoms. The maximum absolute atomic E-state index is 13.2. The Bertz CT molecular complexity index is 1140. The minimum absolute atomic E-state index is 0.0948. The van der Waals surface area contributed by atoms with Gasteiger partial charge in [0.15, 0.2) is 4.90 Å². The van der Waals surface area contributed by atoms with Crippen molar-refractivity contribution in [1.29, 1.82) is 0 Å². The second kappa shape index (κ2) is 8.10. The van der Waals surface area contributed by atoms with E-state index in [1.165, 1.54) is 18.2 Å². The molecular weight excluding hydrogens is 396 g/mol. The largest absolute Gasteiger partial charge is 0.338 e. The Balaban J connectivity index is 1.95. The van der Waals surface area contributed by atoms with Gasteiger partial charge >= 0.3 is 0 Å². The van der Waals surface area contributed by atoms with Crippen LogP contribution < -0.4 is 0 Å². The molecule has 0 N–H and O–H groups in total. The van der Waals surface area contributed by atoms with Crippen LogP contribution in [-0.4, -0.2) is 33.8 Å². The number of aromatic nitrogens is 2. The first-order valence-corrected chi connectivity index (χ1v) is 10.3. The van der Waals surface area contributed by atoms with Crippen LogP contribution in [0.25, 0.3) is 11.4 Å². The zero-order valence-electron chi connectivity index (χ0n) is 16.1. The summed E-state index contributed by atoms with van der Waals surface area (Å²) in [7, 11) is -4.17. The van der Waals surface area contributed by atoms with E-state index in [2.05, 4.69) is 10.1 Å². The molecule has 0 saturated carbocycles. The third-order valence-electron chi connectivity index (χ3n) is 4.26. The number of hydrogen-bond donors (Lipinski definition) is 0. The van der Waals surface area contributed by atoms with Gasteiger partial charge in [-0.15, -0.1) is 0 Å². The third-order valence-corrected chi connectivity index (χ3v) is 6.33. The number of rotatable bonds is 7. The van der Waals surface area contributed by atoms with Crippen molar-refractivity contribution in [3.63, 3.8) is 0 Å². The van der Waals surface area contributed by atoms with Gasteiger partial charge in [-0.1, -0.05) is 41.1 Å². The fourth-order valence-corrected chi connectivity index (χ4v) is 4.60. The fraction of sp³-hybridized carbons (Fsp3) is 0.263. The van der Waals surface area contributed by atoms with Crippen molar-refractivity contribution in [1.82, 2.24) is 14.4 Å². The molecule has 29 heavy (non-hydrogen) atoms. The van der Waals surface area contributed by atoms with E-state index < -0.39 is 26.7 Å². The molecule has 0 aliphatic rings. The summed E-state index contributed by atoms with van der Waals surface area (Å²) in [5.74, 6) is 0.438. The quantitative estimate of drug-likeness (QED) is 0.427. The Kier molecular flexibility index (Phi) is 5.76. The lowest BCUT2D eigenvalue weighted by Crippen LogP contribution is -2.36. The minimum atomic E-state index is -4.17. The second-order valence-electron chi connectivity index (χ2n) is 6.75. The number of para-hydroxylation sites is 1. The van der Waals surface area contributed by atoms with E-state index in [4.69, 9.17) is 4.52 Å². The highest BCUT2D eigenvalue weighted by Gasteiger charge is 2.34. The van der Waals surface area contributed by atoms with Gasteiger partial charge < -0.3 is 4.52 Å². The number of nitro benzene ring substituents is 1. The average molecular weight is 416 g/mol. The van der Waals surface area contributed by atoms with E-state index in [1.807, 2.05) is 31.2 Å². The van der Waals surface area contributed by atoms with E-state index in [0.29, 0.717) is 5.82 Å². The summed E-state index contributed by atoms with van der Waals surface area (Å²) in [5, 5.41) is 15.2. The molecule has 0 fully saturated rings. The van der Waals surface area contributed by atoms with Gasteiger partial charge in [-0.05, 0) is 32.9 Å². The molecule has 152 valence electrons. The van der Waals surface area contributed by atoms with Crippen LogP contribution in [0.1, 0.15) is 25.3 Å². The van der Waals surface area contributed by atoms with Crippen LogP contribution in [0, 0.1) is 17.0 Å². The van der Waals surface area contributed by atoms with Crippen molar-refractivity contribution in [3.05, 3.63) is 70.1 Å². The molecule has 0 radical (unpaired) electrons. The van der Waals surface area contributed by atoms with Crippen LogP contribution in [-0.2, 0) is 16.6 Å². The third kappa shape index (κ3) is 4.33. The Morgan fingerprint density at radius 1 is 1.17 bits per heavy atom. The maximum Gasteiger partial charge on any atom is 0.289 e. The molecule has 0 atom stereocenters. The normalized spacial score (nSPS) is 11.9. The van der Waals surface area contributed by atoms with E-state index in [0.717, 1.165) is 21.5 Å². The van der Waals surface area contributed by atoms with Gasteiger partial charge in [0.25, 0.3) is 15.7 Å². The van der Waals surface area contributed by atoms with E-state index >= 15 is 0 Å². The van der Waals surface area contributed by atoms with Gasteiger partial charge in [0, 0.05) is 17.7 Å². The first-order chi connectivity index (χ1) is 13.7. The van der Waals surface area contributed by atoms with Gasteiger partial charge in [-0.2, -0.15) is 9.29 Å². The molecule has 3 rings (SSSR count). The van der Waals surface area contributed by atoms with Gasteiger partial charge in [-0.3, -0.25) is 10.1 Å². The van der Waals surface area contributed by atoms with Crippen molar-refractivity contribution >= 4 is 15.7 Å². The molecule has 1 heterocycles. The van der Waals surface area contributed by atoms with Crippen molar-refractivity contribution in [2.75, 3.05) is 0 Å². The Labute approximate surface area is 168 Å². The monoisotopic (exact) mass is 416 g/mol. The molecule has 0 bridgehead atoms. The summed E-state index contributed by atoms with van der Waals surface area (Å²) in [4.78, 5) is 14.5. The molecule has 0 saturated heterocycles. The maximum atomic E-state index is 13.2. The van der Waals surface area contributed by atoms with Crippen LogP contribution in [0.2, 0.25) is 0 Å². The predicted octanol–water partition coefficient (Wildman–Crippen LogP) is 3.55. The molecule has 9 nitrogen and oxygen atoms in total. The number of aryl methyl sites for hydroxylation is 1. The molecular formula is C19H20N4O5S. The van der Waals surface area contributed by atoms with Crippen molar-refractivity contribution in [2.45, 2.75) is 38.3 Å². The average Bonchev–Trinajstić information content (AvgIpc) is 3.14. The molecule has 1 aromatic heterocycles. The summed E-state index contributed by atoms with van der Waals surface area (Å²) >= 11 is 0. The fourth-order valence-electron chi connectivity index (χ4n) is 2.85. The lowest BCUT2D eigenvalue weighted by molar-refractivity contribution is -0.387. The van der Waals surface area contributed by atoms with Crippen molar-refractivity contribution in [3.8, 4) is 11.4 Å². The summed E-state index contributed by atoms with van der Waals surface area (Å²) in [6.45, 7) is 5.07. The van der Waals surface area contributed by atoms with Crippen LogP contribution in [0.15, 0.2) is 57.9 Å². The van der Waals surface area contributed by atoms with Crippen LogP contribution in [0.3, 0.4) is 0 Å². The number of hydrogen-bond acceptors (Lipinski definition) is 7. The van der Waals surface area contributed by atoms with Crippen LogP contribution in [0.4, 0.5) is 5.69 Å². The highest BCUT2D eigenvalue weighted by atomic mass is 32.2. The molecule has 3 aromatic rings. The van der Waals surface area contributed by atoms with Gasteiger partial charge in [-0.25, -0.2) is 8.42 Å². The van der Waals surface area contributed by atoms with E-state index in [-0.39, 0.29) is 17.3 Å². The lowest BCUT2D eigenvalue weighted by atomic mass is 10.1. The van der Waals surface area contributed by atoms with Crippen molar-refractivity contribution in [2.24, 2.45) is 0 Å². The summed E-state index contributed by atoms with van der Waals surface area (Å²) in [6.07, 6.45) is 0. The number of nitro groups is 1. The summed E-state index contributed by atoms with van der Waals surface area (Å²) in [5.41, 5.74) is 1.29. The first kappa shape index (κ1) is 20.6. The topological polar surface area (TPSA) is 119 Å². The Morgan fingerprint density at radius 3 is 2.55 bits per heavy atom. The molecule has 0 aliphatic heterocycles. The first-order valence-electron chi connectivity index (χ1n) is 8.85. The lowest BCUT2D eigenvalue weighted by Gasteiger charge is -2.24. The Morgan fingerprint density at radius 2 is 1.90 bits per heavy atom. The molecule has 0 aliphatic carbocycles. The SMILES string of the molecule is Cc1cccc(-c2noc(CN(C(C)C)S(=O)(=O)c3ccccc3[N+](=O)[O-])n2)c1. The summed E-state index contributed by atoms with van der Waals surface area (Å²) < 4.78 is 32.7. The standard InChI is InChI=1S/C19H20N4O5S/c1-13(2)22(29(26,27)17-10-5-4-9-16(17)23(24)25)12-18-20-19(21-28-18)15-8-6-7-14(3)11-15/h4-11,13H,12H2,1-3H3. The zero-order chi connectivity index (χ0) is 21.2. The molecule has 2 aromatic carbocycles. The highest BCUT2D eigenvalue weighted by molar-refractivity contribution is 7.89. The number of benzene rings is 2. The van der Waals surface area contributed by atoms with Crippen LogP contribution in [0.5, 0.6) is 0 Å². The zero-order valence-corrected chi connectivity index (χ0v) is 17.0.